The van der Waals surface area contributed by atoms with Crippen molar-refractivity contribution < 1.29 is 14.7 Å². The van der Waals surface area contributed by atoms with Crippen molar-refractivity contribution in [2.75, 3.05) is 0 Å². The number of carboxylic acids is 1. The molecule has 1 aliphatic carbocycles. The van der Waals surface area contributed by atoms with E-state index in [-0.39, 0.29) is 17.9 Å². The number of nitrogens with zero attached hydrogens (tertiary/aromatic N) is 1. The molecule has 2 N–H and O–H groups in total. The zero-order valence-electron chi connectivity index (χ0n) is 10.4. The summed E-state index contributed by atoms with van der Waals surface area (Å²) in [6.07, 6.45) is 3.79. The predicted molar refractivity (Wildman–Crippen MR) is 66.3 cm³/mol. The lowest BCUT2D eigenvalue weighted by molar-refractivity contribution is -0.141. The number of carbonyl (C=O) groups excluding carboxylic acids is 1. The standard InChI is InChI=1S/C13H18N2O3/c1-2-15-7-3-4-11(15)12(16)14-10-6-5-9(8-10)13(17)18/h3-4,7,9-10H,2,5-6,8H2,1H3,(H,14,16)(H,17,18). The number of hydrogen-bond acceptors (Lipinski definition) is 2. The van der Waals surface area contributed by atoms with Crippen molar-refractivity contribution >= 4 is 11.9 Å². The summed E-state index contributed by atoms with van der Waals surface area (Å²) in [6, 6.07) is 3.61. The van der Waals surface area contributed by atoms with Crippen LogP contribution in [0.15, 0.2) is 18.3 Å². The Morgan fingerprint density at radius 2 is 2.28 bits per heavy atom. The molecule has 1 aromatic heterocycles. The highest BCUT2D eigenvalue weighted by molar-refractivity contribution is 5.93. The molecule has 1 aromatic rings. The maximum Gasteiger partial charge on any atom is 0.306 e. The van der Waals surface area contributed by atoms with Crippen molar-refractivity contribution in [2.45, 2.75) is 38.8 Å². The molecule has 5 nitrogen and oxygen atoms in total. The second-order valence-corrected chi connectivity index (χ2v) is 4.70. The summed E-state index contributed by atoms with van der Waals surface area (Å²) >= 11 is 0. The van der Waals surface area contributed by atoms with Crippen LogP contribution in [-0.4, -0.2) is 27.6 Å². The van der Waals surface area contributed by atoms with Gasteiger partial charge in [0, 0.05) is 18.8 Å². The van der Waals surface area contributed by atoms with Crippen molar-refractivity contribution in [2.24, 2.45) is 5.92 Å². The Hall–Kier alpha value is -1.78. The topological polar surface area (TPSA) is 71.3 Å². The number of carboxylic acid groups (broad SMARTS) is 1. The van der Waals surface area contributed by atoms with E-state index < -0.39 is 5.97 Å². The van der Waals surface area contributed by atoms with Crippen LogP contribution in [0.2, 0.25) is 0 Å². The molecule has 0 aliphatic heterocycles. The molecule has 5 heteroatoms. The Kier molecular flexibility index (Phi) is 3.69. The first-order valence-corrected chi connectivity index (χ1v) is 6.30. The molecule has 0 aromatic carbocycles. The Morgan fingerprint density at radius 3 is 2.89 bits per heavy atom. The molecule has 1 amide bonds. The zero-order valence-corrected chi connectivity index (χ0v) is 10.4. The number of carbonyl (C=O) groups is 2. The summed E-state index contributed by atoms with van der Waals surface area (Å²) in [5.74, 6) is -1.19. The van der Waals surface area contributed by atoms with E-state index in [1.165, 1.54) is 0 Å². The molecule has 0 bridgehead atoms. The lowest BCUT2D eigenvalue weighted by Crippen LogP contribution is -2.34. The molecule has 18 heavy (non-hydrogen) atoms. The average Bonchev–Trinajstić information content (AvgIpc) is 2.96. The number of aromatic nitrogens is 1. The Labute approximate surface area is 106 Å². The van der Waals surface area contributed by atoms with E-state index in [1.54, 1.807) is 6.07 Å². The van der Waals surface area contributed by atoms with Crippen LogP contribution in [0, 0.1) is 5.92 Å². The van der Waals surface area contributed by atoms with Gasteiger partial charge in [0.15, 0.2) is 0 Å². The summed E-state index contributed by atoms with van der Waals surface area (Å²) in [7, 11) is 0. The highest BCUT2D eigenvalue weighted by atomic mass is 16.4. The van der Waals surface area contributed by atoms with Gasteiger partial charge in [-0.05, 0) is 38.3 Å². The first-order valence-electron chi connectivity index (χ1n) is 6.30. The molecule has 2 rings (SSSR count). The fourth-order valence-corrected chi connectivity index (χ4v) is 2.49. The molecule has 0 saturated heterocycles. The molecule has 98 valence electrons. The average molecular weight is 250 g/mol. The number of aliphatic carboxylic acids is 1. The number of amides is 1. The highest BCUT2D eigenvalue weighted by Crippen LogP contribution is 2.25. The lowest BCUT2D eigenvalue weighted by atomic mass is 10.1. The minimum absolute atomic E-state index is 0.0150. The molecular weight excluding hydrogens is 232 g/mol. The maximum atomic E-state index is 12.0. The van der Waals surface area contributed by atoms with Gasteiger partial charge >= 0.3 is 5.97 Å². The maximum absolute atomic E-state index is 12.0. The van der Waals surface area contributed by atoms with Gasteiger partial charge in [-0.1, -0.05) is 0 Å². The molecule has 0 radical (unpaired) electrons. The number of rotatable bonds is 4. The third-order valence-corrected chi connectivity index (χ3v) is 3.52. The summed E-state index contributed by atoms with van der Waals surface area (Å²) in [6.45, 7) is 2.73. The fraction of sp³-hybridized carbons (Fsp3) is 0.538. The van der Waals surface area contributed by atoms with Crippen LogP contribution in [-0.2, 0) is 11.3 Å². The van der Waals surface area contributed by atoms with Crippen molar-refractivity contribution in [3.63, 3.8) is 0 Å². The highest BCUT2D eigenvalue weighted by Gasteiger charge is 2.30. The van der Waals surface area contributed by atoms with E-state index in [0.29, 0.717) is 18.5 Å². The van der Waals surface area contributed by atoms with Crippen LogP contribution in [0.3, 0.4) is 0 Å². The van der Waals surface area contributed by atoms with E-state index in [4.69, 9.17) is 5.11 Å². The van der Waals surface area contributed by atoms with Gasteiger partial charge in [-0.25, -0.2) is 0 Å². The van der Waals surface area contributed by atoms with E-state index >= 15 is 0 Å². The second kappa shape index (κ2) is 5.25. The minimum atomic E-state index is -0.760. The number of hydrogen-bond donors (Lipinski definition) is 2. The predicted octanol–water partition coefficient (Wildman–Crippen LogP) is 1.49. The summed E-state index contributed by atoms with van der Waals surface area (Å²) < 4.78 is 1.87. The molecule has 2 unspecified atom stereocenters. The summed E-state index contributed by atoms with van der Waals surface area (Å²) in [5.41, 5.74) is 0.635. The third kappa shape index (κ3) is 2.55. The van der Waals surface area contributed by atoms with Crippen LogP contribution in [0.1, 0.15) is 36.7 Å². The van der Waals surface area contributed by atoms with Crippen molar-refractivity contribution in [1.29, 1.82) is 0 Å². The Bertz CT molecular complexity index is 453. The van der Waals surface area contributed by atoms with E-state index in [0.717, 1.165) is 13.0 Å². The fourth-order valence-electron chi connectivity index (χ4n) is 2.49. The molecule has 1 heterocycles. The van der Waals surface area contributed by atoms with Crippen LogP contribution in [0.5, 0.6) is 0 Å². The van der Waals surface area contributed by atoms with Crippen molar-refractivity contribution in [1.82, 2.24) is 9.88 Å². The van der Waals surface area contributed by atoms with Gasteiger partial charge in [0.1, 0.15) is 5.69 Å². The molecule has 1 saturated carbocycles. The molecule has 0 spiro atoms. The van der Waals surface area contributed by atoms with Crippen molar-refractivity contribution in [3.05, 3.63) is 24.0 Å². The van der Waals surface area contributed by atoms with Gasteiger partial charge in [0.05, 0.1) is 5.92 Å². The first kappa shape index (κ1) is 12.7. The second-order valence-electron chi connectivity index (χ2n) is 4.70. The van der Waals surface area contributed by atoms with E-state index in [1.807, 2.05) is 23.8 Å². The first-order chi connectivity index (χ1) is 8.61. The lowest BCUT2D eigenvalue weighted by Gasteiger charge is -2.13. The minimum Gasteiger partial charge on any atom is -0.481 e. The van der Waals surface area contributed by atoms with Crippen LogP contribution >= 0.6 is 0 Å². The van der Waals surface area contributed by atoms with Crippen LogP contribution < -0.4 is 5.32 Å². The van der Waals surface area contributed by atoms with E-state index in [9.17, 15) is 9.59 Å². The normalized spacial score (nSPS) is 22.9. The Morgan fingerprint density at radius 1 is 1.50 bits per heavy atom. The Balaban J connectivity index is 1.95. The number of aryl methyl sites for hydroxylation is 1. The monoisotopic (exact) mass is 250 g/mol. The van der Waals surface area contributed by atoms with E-state index in [2.05, 4.69) is 5.32 Å². The summed E-state index contributed by atoms with van der Waals surface area (Å²) in [5, 5.41) is 11.8. The van der Waals surface area contributed by atoms with Gasteiger partial charge in [0.2, 0.25) is 0 Å². The van der Waals surface area contributed by atoms with Crippen LogP contribution in [0.4, 0.5) is 0 Å². The van der Waals surface area contributed by atoms with Gasteiger partial charge < -0.3 is 15.0 Å². The van der Waals surface area contributed by atoms with Gasteiger partial charge in [0.25, 0.3) is 5.91 Å². The molecule has 1 aliphatic rings. The number of nitrogens with one attached hydrogen (secondary N) is 1. The van der Waals surface area contributed by atoms with Gasteiger partial charge in [-0.15, -0.1) is 0 Å². The van der Waals surface area contributed by atoms with Gasteiger partial charge in [-0.3, -0.25) is 9.59 Å². The van der Waals surface area contributed by atoms with Crippen LogP contribution in [0.25, 0.3) is 0 Å². The van der Waals surface area contributed by atoms with Crippen molar-refractivity contribution in [3.8, 4) is 0 Å². The smallest absolute Gasteiger partial charge is 0.306 e. The zero-order chi connectivity index (χ0) is 13.1. The SMILES string of the molecule is CCn1cccc1C(=O)NC1CCC(C(=O)O)C1. The molecule has 1 fully saturated rings. The summed E-state index contributed by atoms with van der Waals surface area (Å²) in [4.78, 5) is 22.9. The largest absolute Gasteiger partial charge is 0.481 e. The molecule has 2 atom stereocenters. The quantitative estimate of drug-likeness (QED) is 0.850. The molecular formula is C13H18N2O3. The third-order valence-electron chi connectivity index (χ3n) is 3.52. The van der Waals surface area contributed by atoms with Gasteiger partial charge in [-0.2, -0.15) is 0 Å².